The molecule has 5 nitrogen and oxygen atoms in total. The average molecular weight is 353 g/mol. The lowest BCUT2D eigenvalue weighted by Gasteiger charge is -2.37. The molecule has 2 atom stereocenters. The van der Waals surface area contributed by atoms with E-state index in [9.17, 15) is 4.79 Å². The van der Waals surface area contributed by atoms with Crippen molar-refractivity contribution in [1.29, 1.82) is 0 Å². The minimum atomic E-state index is 0.0438. The van der Waals surface area contributed by atoms with Gasteiger partial charge in [0.1, 0.15) is 5.82 Å². The van der Waals surface area contributed by atoms with Crippen molar-refractivity contribution < 1.29 is 4.79 Å². The highest BCUT2D eigenvalue weighted by Gasteiger charge is 2.34. The first-order valence-electron chi connectivity index (χ1n) is 7.56. The van der Waals surface area contributed by atoms with E-state index in [1.165, 1.54) is 0 Å². The number of halogens is 1. The van der Waals surface area contributed by atoms with Gasteiger partial charge < -0.3 is 15.5 Å². The van der Waals surface area contributed by atoms with Crippen molar-refractivity contribution in [3.8, 4) is 0 Å². The van der Waals surface area contributed by atoms with Crippen LogP contribution in [-0.2, 0) is 4.79 Å². The van der Waals surface area contributed by atoms with Crippen molar-refractivity contribution in [3.63, 3.8) is 0 Å². The first-order valence-corrected chi connectivity index (χ1v) is 8.35. The van der Waals surface area contributed by atoms with E-state index in [1.807, 2.05) is 23.2 Å². The monoisotopic (exact) mass is 352 g/mol. The third-order valence-electron chi connectivity index (χ3n) is 4.51. The fraction of sp³-hybridized carbons (Fsp3) is 0.600. The number of pyridine rings is 1. The zero-order chi connectivity index (χ0) is 14.8. The third kappa shape index (κ3) is 3.21. The van der Waals surface area contributed by atoms with E-state index in [1.54, 1.807) is 0 Å². The van der Waals surface area contributed by atoms with Crippen LogP contribution in [-0.4, -0.2) is 48.0 Å². The topological polar surface area (TPSA) is 62.5 Å². The van der Waals surface area contributed by atoms with E-state index in [2.05, 4.69) is 25.8 Å². The summed E-state index contributed by atoms with van der Waals surface area (Å²) in [6.07, 6.45) is 4.83. The third-order valence-corrected chi connectivity index (χ3v) is 4.98. The summed E-state index contributed by atoms with van der Waals surface area (Å²) in [6.45, 7) is 3.20. The molecule has 0 bridgehead atoms. The van der Waals surface area contributed by atoms with Crippen LogP contribution in [0.15, 0.2) is 22.8 Å². The Labute approximate surface area is 133 Å². The quantitative estimate of drug-likeness (QED) is 0.878. The average Bonchev–Trinajstić information content (AvgIpc) is 2.94. The zero-order valence-corrected chi connectivity index (χ0v) is 13.6. The molecule has 1 aromatic heterocycles. The summed E-state index contributed by atoms with van der Waals surface area (Å²) in [5.41, 5.74) is 6.05. The number of hydrogen-bond donors (Lipinski definition) is 1. The van der Waals surface area contributed by atoms with Crippen molar-refractivity contribution >= 4 is 27.7 Å². The lowest BCUT2D eigenvalue weighted by molar-refractivity contribution is -0.136. The maximum atomic E-state index is 12.5. The first kappa shape index (κ1) is 14.8. The molecule has 1 aromatic rings. The Bertz CT molecular complexity index is 499. The number of nitrogens with zero attached hydrogens (tertiary/aromatic N) is 3. The molecule has 1 saturated heterocycles. The van der Waals surface area contributed by atoms with E-state index in [0.29, 0.717) is 0 Å². The Morgan fingerprint density at radius 2 is 2.00 bits per heavy atom. The lowest BCUT2D eigenvalue weighted by atomic mass is 10.0. The number of amides is 1. The standard InChI is InChI=1S/C15H21BrN4O/c16-11-4-5-14(18-10-11)19-6-8-20(9-7-19)15(21)12-2-1-3-13(12)17/h4-5,10,12-13H,1-3,6-9,17H2/t12-,13+/m0/s1. The first-order chi connectivity index (χ1) is 10.1. The van der Waals surface area contributed by atoms with Gasteiger partial charge in [-0.05, 0) is 40.9 Å². The summed E-state index contributed by atoms with van der Waals surface area (Å²) >= 11 is 3.40. The molecule has 21 heavy (non-hydrogen) atoms. The molecule has 6 heteroatoms. The van der Waals surface area contributed by atoms with Gasteiger partial charge in [0, 0.05) is 42.9 Å². The Hall–Kier alpha value is -1.14. The molecular weight excluding hydrogens is 332 g/mol. The molecule has 1 saturated carbocycles. The minimum Gasteiger partial charge on any atom is -0.353 e. The fourth-order valence-electron chi connectivity index (χ4n) is 3.24. The molecule has 3 rings (SSSR count). The Morgan fingerprint density at radius 1 is 1.24 bits per heavy atom. The van der Waals surface area contributed by atoms with Crippen LogP contribution in [0.5, 0.6) is 0 Å². The van der Waals surface area contributed by atoms with E-state index < -0.39 is 0 Å². The summed E-state index contributed by atoms with van der Waals surface area (Å²) in [7, 11) is 0. The number of nitrogens with two attached hydrogens (primary N) is 1. The predicted molar refractivity (Wildman–Crippen MR) is 86.0 cm³/mol. The van der Waals surface area contributed by atoms with E-state index in [4.69, 9.17) is 5.73 Å². The van der Waals surface area contributed by atoms with Gasteiger partial charge in [0.15, 0.2) is 0 Å². The van der Waals surface area contributed by atoms with Crippen LogP contribution in [0.4, 0.5) is 5.82 Å². The molecule has 1 amide bonds. The second-order valence-corrected chi connectivity index (χ2v) is 6.76. The van der Waals surface area contributed by atoms with Crippen LogP contribution in [0, 0.1) is 5.92 Å². The van der Waals surface area contributed by atoms with Crippen LogP contribution in [0.3, 0.4) is 0 Å². The zero-order valence-electron chi connectivity index (χ0n) is 12.0. The number of carbonyl (C=O) groups excluding carboxylic acids is 1. The molecule has 1 aliphatic heterocycles. The normalized spacial score (nSPS) is 26.2. The number of hydrogen-bond acceptors (Lipinski definition) is 4. The highest BCUT2D eigenvalue weighted by molar-refractivity contribution is 9.10. The van der Waals surface area contributed by atoms with Crippen molar-refractivity contribution in [1.82, 2.24) is 9.88 Å². The summed E-state index contributed by atoms with van der Waals surface area (Å²) in [5, 5.41) is 0. The van der Waals surface area contributed by atoms with Gasteiger partial charge >= 0.3 is 0 Å². The Balaban J connectivity index is 1.57. The predicted octanol–water partition coefficient (Wildman–Crippen LogP) is 1.62. The highest BCUT2D eigenvalue weighted by Crippen LogP contribution is 2.26. The van der Waals surface area contributed by atoms with Crippen molar-refractivity contribution in [2.45, 2.75) is 25.3 Å². The Kier molecular flexibility index (Phi) is 4.45. The molecule has 1 aliphatic carbocycles. The number of piperazine rings is 1. The van der Waals surface area contributed by atoms with Crippen LogP contribution in [0.25, 0.3) is 0 Å². The van der Waals surface area contributed by atoms with Gasteiger partial charge in [-0.15, -0.1) is 0 Å². The number of rotatable bonds is 2. The minimum absolute atomic E-state index is 0.0438. The lowest BCUT2D eigenvalue weighted by Crippen LogP contribution is -2.52. The second-order valence-electron chi connectivity index (χ2n) is 5.85. The number of anilines is 1. The molecule has 114 valence electrons. The Morgan fingerprint density at radius 3 is 2.57 bits per heavy atom. The van der Waals surface area contributed by atoms with E-state index >= 15 is 0 Å². The largest absolute Gasteiger partial charge is 0.353 e. The molecule has 2 aliphatic rings. The van der Waals surface area contributed by atoms with Crippen molar-refractivity contribution in [2.24, 2.45) is 11.7 Å². The van der Waals surface area contributed by atoms with E-state index in [-0.39, 0.29) is 17.9 Å². The summed E-state index contributed by atoms with van der Waals surface area (Å²) < 4.78 is 0.982. The summed E-state index contributed by atoms with van der Waals surface area (Å²) in [5.74, 6) is 1.27. The molecule has 0 spiro atoms. The smallest absolute Gasteiger partial charge is 0.227 e. The SMILES string of the molecule is N[C@@H]1CCC[C@@H]1C(=O)N1CCN(c2ccc(Br)cn2)CC1. The van der Waals surface area contributed by atoms with Gasteiger partial charge in [-0.2, -0.15) is 0 Å². The summed E-state index contributed by atoms with van der Waals surface area (Å²) in [4.78, 5) is 21.1. The van der Waals surface area contributed by atoms with Crippen molar-refractivity contribution in [3.05, 3.63) is 22.8 Å². The maximum Gasteiger partial charge on any atom is 0.227 e. The fourth-order valence-corrected chi connectivity index (χ4v) is 3.48. The van der Waals surface area contributed by atoms with Gasteiger partial charge in [-0.25, -0.2) is 4.98 Å². The van der Waals surface area contributed by atoms with Gasteiger partial charge in [0.2, 0.25) is 5.91 Å². The van der Waals surface area contributed by atoms with Crippen LogP contribution in [0.1, 0.15) is 19.3 Å². The molecule has 2 heterocycles. The summed E-state index contributed by atoms with van der Waals surface area (Å²) in [6, 6.07) is 4.06. The molecular formula is C15H21BrN4O. The molecule has 0 aromatic carbocycles. The molecule has 2 fully saturated rings. The molecule has 0 radical (unpaired) electrons. The second kappa shape index (κ2) is 6.32. The van der Waals surface area contributed by atoms with Crippen molar-refractivity contribution in [2.75, 3.05) is 31.1 Å². The molecule has 0 unspecified atom stereocenters. The maximum absolute atomic E-state index is 12.5. The highest BCUT2D eigenvalue weighted by atomic mass is 79.9. The molecule has 2 N–H and O–H groups in total. The van der Waals surface area contributed by atoms with Crippen LogP contribution in [0.2, 0.25) is 0 Å². The van der Waals surface area contributed by atoms with Crippen LogP contribution >= 0.6 is 15.9 Å². The number of carbonyl (C=O) groups is 1. The van der Waals surface area contributed by atoms with Gasteiger partial charge in [0.05, 0.1) is 5.92 Å². The van der Waals surface area contributed by atoms with Gasteiger partial charge in [0.25, 0.3) is 0 Å². The number of aromatic nitrogens is 1. The van der Waals surface area contributed by atoms with Gasteiger partial charge in [-0.1, -0.05) is 6.42 Å². The van der Waals surface area contributed by atoms with Crippen LogP contribution < -0.4 is 10.6 Å². The van der Waals surface area contributed by atoms with Gasteiger partial charge in [-0.3, -0.25) is 4.79 Å². The van der Waals surface area contributed by atoms with E-state index in [0.717, 1.165) is 55.7 Å².